The number of hydrogen-bond acceptors (Lipinski definition) is 3. The number of aryl methyl sites for hydroxylation is 2. The maximum absolute atomic E-state index is 14.3. The Morgan fingerprint density at radius 1 is 1.05 bits per heavy atom. The van der Waals surface area contributed by atoms with Gasteiger partial charge >= 0.3 is 0 Å². The molecule has 2 rings (SSSR count). The van der Waals surface area contributed by atoms with Gasteiger partial charge in [0.1, 0.15) is 17.3 Å². The molecule has 21 heavy (non-hydrogen) atoms. The molecule has 0 N–H and O–H groups in total. The quantitative estimate of drug-likeness (QED) is 0.768. The lowest BCUT2D eigenvalue weighted by Gasteiger charge is -2.15. The zero-order chi connectivity index (χ0) is 15.7. The van der Waals surface area contributed by atoms with Crippen LogP contribution in [0.1, 0.15) is 33.6 Å². The van der Waals surface area contributed by atoms with E-state index in [0.29, 0.717) is 22.8 Å². The van der Waals surface area contributed by atoms with E-state index in [1.807, 2.05) is 20.8 Å². The van der Waals surface area contributed by atoms with Gasteiger partial charge in [-0.05, 0) is 32.4 Å². The molecule has 1 aromatic heterocycles. The zero-order valence-corrected chi connectivity index (χ0v) is 13.5. The van der Waals surface area contributed by atoms with Crippen LogP contribution >= 0.6 is 11.6 Å². The first-order chi connectivity index (χ1) is 9.90. The Balaban J connectivity index is 2.55. The van der Waals surface area contributed by atoms with Gasteiger partial charge in [0, 0.05) is 17.2 Å². The molecule has 0 saturated carbocycles. The predicted octanol–water partition coefficient (Wildman–Crippen LogP) is 4.69. The van der Waals surface area contributed by atoms with E-state index in [0.717, 1.165) is 16.9 Å². The maximum atomic E-state index is 14.3. The summed E-state index contributed by atoms with van der Waals surface area (Å²) in [6.07, 6.45) is 0. The van der Waals surface area contributed by atoms with Gasteiger partial charge in [-0.15, -0.1) is 11.6 Å². The molecule has 0 amide bonds. The van der Waals surface area contributed by atoms with Gasteiger partial charge in [-0.25, -0.2) is 4.39 Å². The Hall–Kier alpha value is -1.68. The highest BCUT2D eigenvalue weighted by Crippen LogP contribution is 2.40. The van der Waals surface area contributed by atoms with Crippen molar-refractivity contribution in [2.75, 3.05) is 14.2 Å². The molecule has 0 saturated heterocycles. The Morgan fingerprint density at radius 3 is 2.10 bits per heavy atom. The molecule has 0 bridgehead atoms. The molecule has 114 valence electrons. The first-order valence-electron chi connectivity index (χ1n) is 6.52. The minimum Gasteiger partial charge on any atom is -0.493 e. The number of ether oxygens (including phenoxy) is 2. The molecule has 0 fully saturated rings. The van der Waals surface area contributed by atoms with E-state index in [2.05, 4.69) is 0 Å². The first-order valence-corrected chi connectivity index (χ1v) is 6.96. The van der Waals surface area contributed by atoms with Gasteiger partial charge in [0.05, 0.1) is 19.6 Å². The van der Waals surface area contributed by atoms with Gasteiger partial charge < -0.3 is 13.9 Å². The van der Waals surface area contributed by atoms with Crippen molar-refractivity contribution < 1.29 is 18.3 Å². The Kier molecular flexibility index (Phi) is 4.47. The average Bonchev–Trinajstić information content (AvgIpc) is 2.71. The summed E-state index contributed by atoms with van der Waals surface area (Å²) in [5.41, 5.74) is 2.06. The Bertz CT molecular complexity index is 664. The van der Waals surface area contributed by atoms with Crippen molar-refractivity contribution in [2.45, 2.75) is 26.1 Å². The van der Waals surface area contributed by atoms with E-state index >= 15 is 0 Å². The lowest BCUT2D eigenvalue weighted by atomic mass is 10.00. The SMILES string of the molecule is COc1cc(F)c(C(Cl)c2c(C)oc(C)c2C)cc1OC. The summed E-state index contributed by atoms with van der Waals surface area (Å²) in [7, 11) is 2.96. The smallest absolute Gasteiger partial charge is 0.163 e. The standard InChI is InChI=1S/C16H18ClFO3/c1-8-9(2)21-10(3)15(8)16(17)11-6-13(19-4)14(20-5)7-12(11)18/h6-7,16H,1-5H3. The molecule has 2 aromatic rings. The summed E-state index contributed by atoms with van der Waals surface area (Å²) >= 11 is 6.49. The van der Waals surface area contributed by atoms with E-state index in [1.165, 1.54) is 20.3 Å². The Labute approximate surface area is 128 Å². The van der Waals surface area contributed by atoms with Gasteiger partial charge in [0.2, 0.25) is 0 Å². The van der Waals surface area contributed by atoms with Crippen molar-refractivity contribution in [1.82, 2.24) is 0 Å². The molecule has 0 radical (unpaired) electrons. The van der Waals surface area contributed by atoms with Crippen LogP contribution in [-0.2, 0) is 0 Å². The van der Waals surface area contributed by atoms with Crippen molar-refractivity contribution >= 4 is 11.6 Å². The molecule has 0 spiro atoms. The second-order valence-corrected chi connectivity index (χ2v) is 5.28. The van der Waals surface area contributed by atoms with Crippen molar-refractivity contribution in [1.29, 1.82) is 0 Å². The summed E-state index contributed by atoms with van der Waals surface area (Å²) in [5.74, 6) is 1.81. The van der Waals surface area contributed by atoms with Crippen molar-refractivity contribution in [3.63, 3.8) is 0 Å². The third-order valence-corrected chi connectivity index (χ3v) is 4.10. The molecular weight excluding hydrogens is 295 g/mol. The summed E-state index contributed by atoms with van der Waals surface area (Å²) in [4.78, 5) is 0. The fourth-order valence-electron chi connectivity index (χ4n) is 2.40. The monoisotopic (exact) mass is 312 g/mol. The average molecular weight is 313 g/mol. The van der Waals surface area contributed by atoms with E-state index < -0.39 is 11.2 Å². The molecular formula is C16H18ClFO3. The van der Waals surface area contributed by atoms with Crippen LogP contribution in [0.2, 0.25) is 0 Å². The molecule has 1 unspecified atom stereocenters. The zero-order valence-electron chi connectivity index (χ0n) is 12.7. The number of methoxy groups -OCH3 is 2. The molecule has 0 aliphatic rings. The fourth-order valence-corrected chi connectivity index (χ4v) is 2.89. The van der Waals surface area contributed by atoms with E-state index in [1.54, 1.807) is 6.07 Å². The molecule has 0 aliphatic carbocycles. The highest BCUT2D eigenvalue weighted by molar-refractivity contribution is 6.22. The van der Waals surface area contributed by atoms with E-state index in [9.17, 15) is 4.39 Å². The van der Waals surface area contributed by atoms with Crippen molar-refractivity contribution in [3.8, 4) is 11.5 Å². The molecule has 1 aromatic carbocycles. The van der Waals surface area contributed by atoms with Crippen LogP contribution in [0.15, 0.2) is 16.5 Å². The summed E-state index contributed by atoms with van der Waals surface area (Å²) in [6, 6.07) is 2.84. The summed E-state index contributed by atoms with van der Waals surface area (Å²) < 4.78 is 30.2. The number of halogens is 2. The Morgan fingerprint density at radius 2 is 1.62 bits per heavy atom. The minimum absolute atomic E-state index is 0.333. The molecule has 3 nitrogen and oxygen atoms in total. The molecule has 1 heterocycles. The topological polar surface area (TPSA) is 31.6 Å². The normalized spacial score (nSPS) is 12.3. The lowest BCUT2D eigenvalue weighted by Crippen LogP contribution is -2.02. The third kappa shape index (κ3) is 2.72. The number of hydrogen-bond donors (Lipinski definition) is 0. The fraction of sp³-hybridized carbons (Fsp3) is 0.375. The second-order valence-electron chi connectivity index (χ2n) is 4.84. The number of furan rings is 1. The highest BCUT2D eigenvalue weighted by atomic mass is 35.5. The van der Waals surface area contributed by atoms with E-state index in [-0.39, 0.29) is 0 Å². The number of alkyl halides is 1. The third-order valence-electron chi connectivity index (χ3n) is 3.65. The van der Waals surface area contributed by atoms with Crippen LogP contribution in [0.3, 0.4) is 0 Å². The van der Waals surface area contributed by atoms with Gasteiger partial charge in [0.25, 0.3) is 0 Å². The molecule has 1 atom stereocenters. The largest absolute Gasteiger partial charge is 0.493 e. The van der Waals surface area contributed by atoms with Crippen LogP contribution in [-0.4, -0.2) is 14.2 Å². The van der Waals surface area contributed by atoms with Crippen molar-refractivity contribution in [2.24, 2.45) is 0 Å². The van der Waals surface area contributed by atoms with Gasteiger partial charge in [-0.3, -0.25) is 0 Å². The lowest BCUT2D eigenvalue weighted by molar-refractivity contribution is 0.351. The van der Waals surface area contributed by atoms with Crippen LogP contribution < -0.4 is 9.47 Å². The summed E-state index contributed by atoms with van der Waals surface area (Å²) in [6.45, 7) is 5.60. The van der Waals surface area contributed by atoms with Crippen LogP contribution in [0.25, 0.3) is 0 Å². The minimum atomic E-state index is -0.651. The summed E-state index contributed by atoms with van der Waals surface area (Å²) in [5, 5.41) is -0.651. The van der Waals surface area contributed by atoms with Gasteiger partial charge in [-0.1, -0.05) is 0 Å². The van der Waals surface area contributed by atoms with E-state index in [4.69, 9.17) is 25.5 Å². The van der Waals surface area contributed by atoms with Gasteiger partial charge in [-0.2, -0.15) is 0 Å². The second kappa shape index (κ2) is 5.98. The van der Waals surface area contributed by atoms with Crippen LogP contribution in [0, 0.1) is 26.6 Å². The predicted molar refractivity (Wildman–Crippen MR) is 80.1 cm³/mol. The van der Waals surface area contributed by atoms with Gasteiger partial charge in [0.15, 0.2) is 11.5 Å². The van der Waals surface area contributed by atoms with Crippen LogP contribution in [0.5, 0.6) is 11.5 Å². The number of benzene rings is 1. The number of rotatable bonds is 4. The van der Waals surface area contributed by atoms with Crippen molar-refractivity contribution in [3.05, 3.63) is 46.2 Å². The maximum Gasteiger partial charge on any atom is 0.163 e. The molecule has 5 heteroatoms. The molecule has 0 aliphatic heterocycles. The highest BCUT2D eigenvalue weighted by Gasteiger charge is 2.25. The van der Waals surface area contributed by atoms with Crippen LogP contribution in [0.4, 0.5) is 4.39 Å². The first kappa shape index (κ1) is 15.7.